The van der Waals surface area contributed by atoms with E-state index in [2.05, 4.69) is 18.7 Å². The predicted molar refractivity (Wildman–Crippen MR) is 76.7 cm³/mol. The van der Waals surface area contributed by atoms with Crippen LogP contribution in [0.15, 0.2) is 0 Å². The van der Waals surface area contributed by atoms with Gasteiger partial charge in [0.25, 0.3) is 0 Å². The summed E-state index contributed by atoms with van der Waals surface area (Å²) in [6, 6.07) is 0. The van der Waals surface area contributed by atoms with Gasteiger partial charge < -0.3 is 20.5 Å². The normalized spacial score (nSPS) is 15.3. The molecule has 0 heterocycles. The van der Waals surface area contributed by atoms with Crippen LogP contribution in [0.2, 0.25) is 0 Å². The first-order chi connectivity index (χ1) is 8.41. The van der Waals surface area contributed by atoms with Crippen molar-refractivity contribution in [3.05, 3.63) is 0 Å². The van der Waals surface area contributed by atoms with Crippen molar-refractivity contribution < 1.29 is 9.84 Å². The first-order valence-electron chi connectivity index (χ1n) is 7.02. The molecule has 4 heteroatoms. The number of aliphatic hydroxyl groups excluding tert-OH is 1. The van der Waals surface area contributed by atoms with Crippen molar-refractivity contribution in [3.8, 4) is 0 Å². The molecule has 0 aliphatic rings. The quantitative estimate of drug-likeness (QED) is 0.552. The number of unbranched alkanes of at least 4 members (excludes halogenated alkanes) is 1. The molecule has 0 bridgehead atoms. The van der Waals surface area contributed by atoms with E-state index in [1.807, 2.05) is 6.92 Å². The van der Waals surface area contributed by atoms with E-state index < -0.39 is 5.54 Å². The van der Waals surface area contributed by atoms with Crippen LogP contribution in [0.4, 0.5) is 0 Å². The summed E-state index contributed by atoms with van der Waals surface area (Å²) >= 11 is 0. The van der Waals surface area contributed by atoms with E-state index in [-0.39, 0.29) is 6.61 Å². The Balaban J connectivity index is 3.81. The molecule has 0 saturated heterocycles. The van der Waals surface area contributed by atoms with Gasteiger partial charge in [0.15, 0.2) is 0 Å². The molecule has 0 fully saturated rings. The fourth-order valence-corrected chi connectivity index (χ4v) is 1.97. The molecule has 0 saturated carbocycles. The minimum Gasteiger partial charge on any atom is -0.394 e. The molecule has 0 radical (unpaired) electrons. The molecule has 1 unspecified atom stereocenters. The van der Waals surface area contributed by atoms with E-state index >= 15 is 0 Å². The van der Waals surface area contributed by atoms with Gasteiger partial charge in [-0.05, 0) is 32.2 Å². The van der Waals surface area contributed by atoms with Crippen LogP contribution in [-0.2, 0) is 4.74 Å². The molecule has 0 aromatic heterocycles. The maximum absolute atomic E-state index is 9.09. The fraction of sp³-hybridized carbons (Fsp3) is 1.00. The highest BCUT2D eigenvalue weighted by molar-refractivity contribution is 4.77. The first kappa shape index (κ1) is 17.8. The Bertz CT molecular complexity index is 196. The Hall–Kier alpha value is -0.160. The Labute approximate surface area is 112 Å². The van der Waals surface area contributed by atoms with E-state index in [9.17, 15) is 0 Å². The molecular weight excluding hydrogens is 228 g/mol. The molecule has 1 atom stereocenters. The highest BCUT2D eigenvalue weighted by atomic mass is 16.5. The zero-order chi connectivity index (χ0) is 14.0. The first-order valence-corrected chi connectivity index (χ1v) is 7.02. The van der Waals surface area contributed by atoms with Gasteiger partial charge in [-0.2, -0.15) is 0 Å². The van der Waals surface area contributed by atoms with Crippen LogP contribution in [0.5, 0.6) is 0 Å². The van der Waals surface area contributed by atoms with Crippen LogP contribution in [0.3, 0.4) is 0 Å². The van der Waals surface area contributed by atoms with Crippen LogP contribution in [0.25, 0.3) is 0 Å². The van der Waals surface area contributed by atoms with Gasteiger partial charge in [-0.25, -0.2) is 0 Å². The van der Waals surface area contributed by atoms with Gasteiger partial charge in [0, 0.05) is 25.7 Å². The van der Waals surface area contributed by atoms with Crippen molar-refractivity contribution in [3.63, 3.8) is 0 Å². The molecule has 0 aromatic rings. The smallest absolute Gasteiger partial charge is 0.0608 e. The number of methoxy groups -OCH3 is 1. The van der Waals surface area contributed by atoms with Crippen molar-refractivity contribution in [2.45, 2.75) is 45.6 Å². The van der Waals surface area contributed by atoms with Gasteiger partial charge in [-0.3, -0.25) is 0 Å². The summed E-state index contributed by atoms with van der Waals surface area (Å²) in [4.78, 5) is 2.45. The number of nitrogens with zero attached hydrogens (tertiary/aromatic N) is 1. The zero-order valence-electron chi connectivity index (χ0n) is 12.6. The zero-order valence-corrected chi connectivity index (χ0v) is 12.6. The molecule has 3 N–H and O–H groups in total. The summed E-state index contributed by atoms with van der Waals surface area (Å²) in [5.74, 6) is 0.680. The van der Waals surface area contributed by atoms with Gasteiger partial charge in [-0.15, -0.1) is 0 Å². The minimum atomic E-state index is -0.421. The van der Waals surface area contributed by atoms with Gasteiger partial charge in [0.2, 0.25) is 0 Å². The largest absolute Gasteiger partial charge is 0.394 e. The standard InChI is InChI=1S/C14H32N2O2/c1-13(2)11-16(9-10-18-4)8-6-5-7-14(3,15)12-17/h13,17H,5-12,15H2,1-4H3. The minimum absolute atomic E-state index is 0.0619. The maximum atomic E-state index is 9.09. The Kier molecular flexibility index (Phi) is 9.64. The molecular formula is C14H32N2O2. The molecule has 4 nitrogen and oxygen atoms in total. The fourth-order valence-electron chi connectivity index (χ4n) is 1.97. The summed E-state index contributed by atoms with van der Waals surface area (Å²) in [5.41, 5.74) is 5.49. The Morgan fingerprint density at radius 2 is 1.94 bits per heavy atom. The summed E-state index contributed by atoms with van der Waals surface area (Å²) in [6.45, 7) is 10.4. The third-order valence-electron chi connectivity index (χ3n) is 3.07. The van der Waals surface area contributed by atoms with Crippen LogP contribution in [-0.4, -0.2) is 55.5 Å². The average molecular weight is 260 g/mol. The third-order valence-corrected chi connectivity index (χ3v) is 3.07. The topological polar surface area (TPSA) is 58.7 Å². The van der Waals surface area contributed by atoms with Crippen molar-refractivity contribution in [1.29, 1.82) is 0 Å². The second-order valence-corrected chi connectivity index (χ2v) is 5.96. The number of nitrogens with two attached hydrogens (primary N) is 1. The lowest BCUT2D eigenvalue weighted by atomic mass is 9.97. The molecule has 0 rings (SSSR count). The lowest BCUT2D eigenvalue weighted by Gasteiger charge is -2.25. The number of rotatable bonds is 11. The Morgan fingerprint density at radius 3 is 2.44 bits per heavy atom. The van der Waals surface area contributed by atoms with Crippen molar-refractivity contribution in [2.75, 3.05) is 40.0 Å². The van der Waals surface area contributed by atoms with Crippen LogP contribution in [0.1, 0.15) is 40.0 Å². The van der Waals surface area contributed by atoms with Crippen LogP contribution in [0, 0.1) is 5.92 Å². The van der Waals surface area contributed by atoms with Crippen molar-refractivity contribution in [2.24, 2.45) is 11.7 Å². The number of hydrogen-bond acceptors (Lipinski definition) is 4. The third kappa shape index (κ3) is 9.83. The Morgan fingerprint density at radius 1 is 1.28 bits per heavy atom. The van der Waals surface area contributed by atoms with E-state index in [4.69, 9.17) is 15.6 Å². The van der Waals surface area contributed by atoms with E-state index in [1.165, 1.54) is 0 Å². The summed E-state index contributed by atoms with van der Waals surface area (Å²) < 4.78 is 5.14. The molecule has 0 amide bonds. The van der Waals surface area contributed by atoms with Gasteiger partial charge in [-0.1, -0.05) is 20.3 Å². The van der Waals surface area contributed by atoms with Crippen molar-refractivity contribution >= 4 is 0 Å². The van der Waals surface area contributed by atoms with Gasteiger partial charge >= 0.3 is 0 Å². The number of aliphatic hydroxyl groups is 1. The molecule has 110 valence electrons. The van der Waals surface area contributed by atoms with Crippen molar-refractivity contribution in [1.82, 2.24) is 4.90 Å². The SMILES string of the molecule is COCCN(CCCCC(C)(N)CO)CC(C)C. The summed E-state index contributed by atoms with van der Waals surface area (Å²) in [5, 5.41) is 9.09. The molecule has 0 spiro atoms. The van der Waals surface area contributed by atoms with E-state index in [0.29, 0.717) is 5.92 Å². The summed E-state index contributed by atoms with van der Waals surface area (Å²) in [7, 11) is 1.74. The van der Waals surface area contributed by atoms with Gasteiger partial charge in [0.05, 0.1) is 13.2 Å². The second-order valence-electron chi connectivity index (χ2n) is 5.96. The van der Waals surface area contributed by atoms with E-state index in [1.54, 1.807) is 7.11 Å². The average Bonchev–Trinajstić information content (AvgIpc) is 2.30. The maximum Gasteiger partial charge on any atom is 0.0608 e. The summed E-state index contributed by atoms with van der Waals surface area (Å²) in [6.07, 6.45) is 3.07. The molecule has 18 heavy (non-hydrogen) atoms. The molecule has 0 aromatic carbocycles. The number of ether oxygens (including phenoxy) is 1. The van der Waals surface area contributed by atoms with Crippen LogP contribution >= 0.6 is 0 Å². The van der Waals surface area contributed by atoms with Crippen LogP contribution < -0.4 is 5.73 Å². The monoisotopic (exact) mass is 260 g/mol. The molecule has 0 aliphatic carbocycles. The van der Waals surface area contributed by atoms with Gasteiger partial charge in [0.1, 0.15) is 0 Å². The highest BCUT2D eigenvalue weighted by Crippen LogP contribution is 2.10. The highest BCUT2D eigenvalue weighted by Gasteiger charge is 2.16. The number of hydrogen-bond donors (Lipinski definition) is 2. The lowest BCUT2D eigenvalue weighted by molar-refractivity contribution is 0.137. The lowest BCUT2D eigenvalue weighted by Crippen LogP contribution is -2.40. The predicted octanol–water partition coefficient (Wildman–Crippen LogP) is 1.47. The molecule has 0 aliphatic heterocycles. The second kappa shape index (κ2) is 9.73. The van der Waals surface area contributed by atoms with E-state index in [0.717, 1.165) is 45.5 Å².